The molecule has 1 aromatic carbocycles. The molecule has 55 heavy (non-hydrogen) atoms. The lowest BCUT2D eigenvalue weighted by atomic mass is 9.41. The first kappa shape index (κ1) is 43.0. The third kappa shape index (κ3) is 9.69. The molecule has 4 saturated carbocycles. The molecule has 0 spiro atoms. The molecule has 4 fully saturated rings. The number of alkyl carbamates (subject to hydrolysis) is 1. The molecular formula is C44H68N2O9. The maximum absolute atomic E-state index is 12.9. The Kier molecular flexibility index (Phi) is 13.7. The van der Waals surface area contributed by atoms with Crippen LogP contribution in [-0.2, 0) is 30.3 Å². The number of benzene rings is 1. The highest BCUT2D eigenvalue weighted by Crippen LogP contribution is 2.69. The van der Waals surface area contributed by atoms with Gasteiger partial charge in [-0.1, -0.05) is 46.2 Å². The van der Waals surface area contributed by atoms with Gasteiger partial charge in [-0.2, -0.15) is 0 Å². The van der Waals surface area contributed by atoms with E-state index in [0.717, 1.165) is 57.8 Å². The van der Waals surface area contributed by atoms with Crippen LogP contribution in [0.1, 0.15) is 125 Å². The van der Waals surface area contributed by atoms with Crippen molar-refractivity contribution in [2.24, 2.45) is 52.3 Å². The number of hydrogen-bond donors (Lipinski definition) is 4. The second-order valence-electron chi connectivity index (χ2n) is 18.7. The van der Waals surface area contributed by atoms with Crippen LogP contribution in [0, 0.1) is 52.3 Å². The maximum Gasteiger partial charge on any atom is 0.408 e. The van der Waals surface area contributed by atoms with E-state index in [4.69, 9.17) is 14.2 Å². The number of carbonyl (C=O) groups excluding carboxylic acids is 4. The van der Waals surface area contributed by atoms with Crippen molar-refractivity contribution in [3.8, 4) is 5.75 Å². The lowest BCUT2D eigenvalue weighted by Crippen LogP contribution is -2.62. The van der Waals surface area contributed by atoms with Crippen molar-refractivity contribution in [1.82, 2.24) is 10.6 Å². The molecule has 5 rings (SSSR count). The number of fused-ring (bicyclic) bond motifs is 5. The minimum absolute atomic E-state index is 0.126. The molecule has 0 radical (unpaired) electrons. The zero-order chi connectivity index (χ0) is 40.3. The molecule has 4 N–H and O–H groups in total. The van der Waals surface area contributed by atoms with Gasteiger partial charge >= 0.3 is 18.0 Å². The lowest BCUT2D eigenvalue weighted by molar-refractivity contribution is -0.203. The monoisotopic (exact) mass is 768 g/mol. The summed E-state index contributed by atoms with van der Waals surface area (Å²) in [5, 5.41) is 27.9. The Balaban J connectivity index is 1.09. The van der Waals surface area contributed by atoms with Gasteiger partial charge in [0, 0.05) is 12.8 Å². The first-order valence-corrected chi connectivity index (χ1v) is 21.0. The maximum atomic E-state index is 12.9. The van der Waals surface area contributed by atoms with Crippen LogP contribution in [0.3, 0.4) is 0 Å². The SMILES string of the molecule is CCOC(=O)[C@H](Cc1ccc(OC(=O)CNC(=O)CC[C@@H](C)[C@H]2CC[C@H]3[C@H]4C(CC[C@]23C)[C@@]2(C)CC[C@@H](O)CC2[C@@H](CC)[C@H]4O)cc1)NC(=O)OC(C)(C)C. The highest BCUT2D eigenvalue weighted by atomic mass is 16.6. The molecule has 11 nitrogen and oxygen atoms in total. The minimum Gasteiger partial charge on any atom is -0.464 e. The predicted octanol–water partition coefficient (Wildman–Crippen LogP) is 6.75. The van der Waals surface area contributed by atoms with Crippen molar-refractivity contribution in [1.29, 1.82) is 0 Å². The number of rotatable bonds is 13. The second kappa shape index (κ2) is 17.5. The van der Waals surface area contributed by atoms with E-state index in [1.54, 1.807) is 52.0 Å². The summed E-state index contributed by atoms with van der Waals surface area (Å²) in [5.74, 6) is 1.63. The van der Waals surface area contributed by atoms with E-state index >= 15 is 0 Å². The summed E-state index contributed by atoms with van der Waals surface area (Å²) in [4.78, 5) is 50.4. The van der Waals surface area contributed by atoms with E-state index in [0.29, 0.717) is 53.2 Å². The molecule has 2 amide bonds. The van der Waals surface area contributed by atoms with E-state index in [2.05, 4.69) is 38.3 Å². The molecular weight excluding hydrogens is 700 g/mol. The van der Waals surface area contributed by atoms with Gasteiger partial charge in [-0.3, -0.25) is 4.79 Å². The zero-order valence-corrected chi connectivity index (χ0v) is 34.5. The summed E-state index contributed by atoms with van der Waals surface area (Å²) in [6.45, 7) is 16.2. The van der Waals surface area contributed by atoms with Gasteiger partial charge in [0.1, 0.15) is 23.9 Å². The standard InChI is InChI=1S/C44H68N2O9/c1-9-30-34-24-28(47)19-21-44(34,8)33-20-22-43(7)31(16-17-32(43)38(33)39(30)50)26(3)11-18-36(48)45-25-37(49)54-29-14-12-27(13-15-29)23-35(40(51)53-10-2)46-41(52)55-42(4,5)6/h12-15,26,28,30-35,38-39,47,50H,9-11,16-25H2,1-8H3,(H,45,48)(H,46,52)/t26-,28-,30-,31-,32+,33?,34?,35+,38+,39-,43-,44-/m1/s1. The number of aliphatic hydroxyl groups excluding tert-OH is 2. The average molecular weight is 769 g/mol. The number of esters is 2. The Labute approximate surface area is 328 Å². The molecule has 0 aromatic heterocycles. The Morgan fingerprint density at radius 3 is 2.25 bits per heavy atom. The van der Waals surface area contributed by atoms with Gasteiger partial charge in [-0.15, -0.1) is 0 Å². The number of amides is 2. The number of aliphatic hydroxyl groups is 2. The highest BCUT2D eigenvalue weighted by Gasteiger charge is 2.64. The van der Waals surface area contributed by atoms with Crippen LogP contribution in [0.2, 0.25) is 0 Å². The van der Waals surface area contributed by atoms with Crippen molar-refractivity contribution in [2.75, 3.05) is 13.2 Å². The quantitative estimate of drug-likeness (QED) is 0.126. The van der Waals surface area contributed by atoms with Crippen LogP contribution in [0.5, 0.6) is 5.75 Å². The van der Waals surface area contributed by atoms with E-state index in [1.165, 1.54) is 0 Å². The average Bonchev–Trinajstić information content (AvgIpc) is 3.47. The third-order valence-corrected chi connectivity index (χ3v) is 14.3. The van der Waals surface area contributed by atoms with Crippen molar-refractivity contribution in [2.45, 2.75) is 150 Å². The number of hydrogen-bond acceptors (Lipinski definition) is 9. The van der Waals surface area contributed by atoms with Crippen molar-refractivity contribution >= 4 is 23.9 Å². The van der Waals surface area contributed by atoms with Gasteiger partial charge in [0.05, 0.1) is 18.8 Å². The molecule has 0 aliphatic heterocycles. The zero-order valence-electron chi connectivity index (χ0n) is 34.5. The van der Waals surface area contributed by atoms with Crippen LogP contribution in [0.4, 0.5) is 4.79 Å². The van der Waals surface area contributed by atoms with Gasteiger partial charge in [0.25, 0.3) is 0 Å². The van der Waals surface area contributed by atoms with Gasteiger partial charge in [-0.25, -0.2) is 14.4 Å². The Morgan fingerprint density at radius 1 is 0.927 bits per heavy atom. The molecule has 1 aromatic rings. The fourth-order valence-electron chi connectivity index (χ4n) is 11.7. The largest absolute Gasteiger partial charge is 0.464 e. The lowest BCUT2D eigenvalue weighted by Gasteiger charge is -2.64. The van der Waals surface area contributed by atoms with Crippen molar-refractivity contribution < 1.29 is 43.6 Å². The summed E-state index contributed by atoms with van der Waals surface area (Å²) in [6.07, 6.45) is 8.12. The summed E-state index contributed by atoms with van der Waals surface area (Å²) in [6, 6.07) is 5.63. The van der Waals surface area contributed by atoms with Crippen molar-refractivity contribution in [3.05, 3.63) is 29.8 Å². The molecule has 12 atom stereocenters. The van der Waals surface area contributed by atoms with Crippen molar-refractivity contribution in [3.63, 3.8) is 0 Å². The van der Waals surface area contributed by atoms with Crippen LogP contribution in [0.25, 0.3) is 0 Å². The normalized spacial score (nSPS) is 33.9. The van der Waals surface area contributed by atoms with Gasteiger partial charge < -0.3 is 35.1 Å². The summed E-state index contributed by atoms with van der Waals surface area (Å²) < 4.78 is 15.9. The molecule has 308 valence electrons. The highest BCUT2D eigenvalue weighted by molar-refractivity contribution is 5.83. The third-order valence-electron chi connectivity index (χ3n) is 14.3. The Hall–Kier alpha value is -3.18. The van der Waals surface area contributed by atoms with Crippen LogP contribution < -0.4 is 15.4 Å². The molecule has 4 aliphatic carbocycles. The van der Waals surface area contributed by atoms with E-state index in [-0.39, 0.29) is 54.4 Å². The van der Waals surface area contributed by atoms with Gasteiger partial charge in [-0.05, 0) is 149 Å². The van der Waals surface area contributed by atoms with Gasteiger partial charge in [0.15, 0.2) is 0 Å². The fraction of sp³-hybridized carbons (Fsp3) is 0.773. The molecule has 0 bridgehead atoms. The van der Waals surface area contributed by atoms with E-state index < -0.39 is 29.7 Å². The Bertz CT molecular complexity index is 1510. The topological polar surface area (TPSA) is 160 Å². The molecule has 4 aliphatic rings. The fourth-order valence-corrected chi connectivity index (χ4v) is 11.7. The van der Waals surface area contributed by atoms with Crippen LogP contribution in [0.15, 0.2) is 24.3 Å². The molecule has 11 heteroatoms. The van der Waals surface area contributed by atoms with E-state index in [1.807, 2.05) is 0 Å². The number of nitrogens with one attached hydrogen (secondary N) is 2. The number of ether oxygens (including phenoxy) is 3. The number of carbonyl (C=O) groups is 4. The van der Waals surface area contributed by atoms with Gasteiger partial charge in [0.2, 0.25) is 5.91 Å². The first-order valence-electron chi connectivity index (χ1n) is 21.0. The summed E-state index contributed by atoms with van der Waals surface area (Å²) in [5.41, 5.74) is 0.283. The van der Waals surface area contributed by atoms with E-state index in [9.17, 15) is 29.4 Å². The van der Waals surface area contributed by atoms with Crippen LogP contribution >= 0.6 is 0 Å². The van der Waals surface area contributed by atoms with Crippen LogP contribution in [-0.4, -0.2) is 71.2 Å². The molecule has 0 heterocycles. The Morgan fingerprint density at radius 2 is 1.60 bits per heavy atom. The first-order chi connectivity index (χ1) is 25.9. The summed E-state index contributed by atoms with van der Waals surface area (Å²) in [7, 11) is 0. The second-order valence-corrected chi connectivity index (χ2v) is 18.7. The summed E-state index contributed by atoms with van der Waals surface area (Å²) >= 11 is 0. The molecule has 2 unspecified atom stereocenters. The predicted molar refractivity (Wildman–Crippen MR) is 209 cm³/mol. The molecule has 0 saturated heterocycles. The smallest absolute Gasteiger partial charge is 0.408 e. The minimum atomic E-state index is -0.961.